The summed E-state index contributed by atoms with van der Waals surface area (Å²) >= 11 is 5.90. The van der Waals surface area contributed by atoms with Crippen LogP contribution in [0.1, 0.15) is 43.6 Å². The highest BCUT2D eigenvalue weighted by molar-refractivity contribution is 6.30. The second-order valence-electron chi connectivity index (χ2n) is 4.02. The Labute approximate surface area is 89.7 Å². The molecule has 1 aliphatic carbocycles. The highest BCUT2D eigenvalue weighted by Crippen LogP contribution is 2.37. The lowest BCUT2D eigenvalue weighted by molar-refractivity contribution is -0.269. The van der Waals surface area contributed by atoms with E-state index in [0.29, 0.717) is 10.9 Å². The van der Waals surface area contributed by atoms with Crippen molar-refractivity contribution < 1.29 is 5.11 Å². The van der Waals surface area contributed by atoms with Gasteiger partial charge in [-0.15, -0.1) is 5.75 Å². The predicted molar refractivity (Wildman–Crippen MR) is 56.7 cm³/mol. The molecule has 1 aliphatic rings. The Hall–Kier alpha value is -0.690. The molecule has 0 saturated heterocycles. The first kappa shape index (κ1) is 9.85. The molecule has 0 amide bonds. The van der Waals surface area contributed by atoms with Crippen molar-refractivity contribution in [3.8, 4) is 5.75 Å². The maximum absolute atomic E-state index is 11.6. The second-order valence-corrected chi connectivity index (χ2v) is 4.45. The number of rotatable bonds is 1. The van der Waals surface area contributed by atoms with Crippen LogP contribution in [0, 0.1) is 0 Å². The zero-order valence-corrected chi connectivity index (χ0v) is 8.89. The molecule has 1 fully saturated rings. The van der Waals surface area contributed by atoms with Gasteiger partial charge < -0.3 is 5.11 Å². The van der Waals surface area contributed by atoms with Gasteiger partial charge in [0.25, 0.3) is 0 Å². The van der Waals surface area contributed by atoms with Gasteiger partial charge >= 0.3 is 0 Å². The zero-order valence-electron chi connectivity index (χ0n) is 8.13. The summed E-state index contributed by atoms with van der Waals surface area (Å²) in [6, 6.07) is 5.11. The number of hydrogen-bond acceptors (Lipinski definition) is 1. The molecule has 76 valence electrons. The quantitative estimate of drug-likeness (QED) is 0.695. The molecule has 0 heterocycles. The summed E-state index contributed by atoms with van der Waals surface area (Å²) in [6.45, 7) is 0. The van der Waals surface area contributed by atoms with Crippen LogP contribution in [-0.4, -0.2) is 0 Å². The molecule has 1 aromatic rings. The van der Waals surface area contributed by atoms with Crippen molar-refractivity contribution >= 4 is 11.6 Å². The SMILES string of the molecule is [O-]c1ccc(Cl)cc1C1CCCCC1. The fourth-order valence-corrected chi connectivity index (χ4v) is 2.43. The summed E-state index contributed by atoms with van der Waals surface area (Å²) in [4.78, 5) is 0. The molecule has 0 N–H and O–H groups in total. The van der Waals surface area contributed by atoms with Gasteiger partial charge in [0, 0.05) is 5.02 Å². The third-order valence-electron chi connectivity index (χ3n) is 3.02. The van der Waals surface area contributed by atoms with Crippen molar-refractivity contribution in [1.82, 2.24) is 0 Å². The van der Waals surface area contributed by atoms with Crippen molar-refractivity contribution in [2.75, 3.05) is 0 Å². The van der Waals surface area contributed by atoms with Crippen LogP contribution in [0.2, 0.25) is 5.02 Å². The van der Waals surface area contributed by atoms with E-state index in [9.17, 15) is 5.11 Å². The van der Waals surface area contributed by atoms with Gasteiger partial charge in [-0.25, -0.2) is 0 Å². The van der Waals surface area contributed by atoms with Crippen molar-refractivity contribution in [3.63, 3.8) is 0 Å². The minimum atomic E-state index is 0.154. The summed E-state index contributed by atoms with van der Waals surface area (Å²) in [5.41, 5.74) is 0.928. The van der Waals surface area contributed by atoms with Gasteiger partial charge in [0.15, 0.2) is 0 Å². The lowest BCUT2D eigenvalue weighted by Crippen LogP contribution is -2.07. The molecular formula is C12H14ClO-. The summed E-state index contributed by atoms with van der Waals surface area (Å²) in [6.07, 6.45) is 6.10. The van der Waals surface area contributed by atoms with Crippen LogP contribution >= 0.6 is 11.6 Å². The maximum Gasteiger partial charge on any atom is 0.0408 e. The summed E-state index contributed by atoms with van der Waals surface area (Å²) in [5, 5.41) is 12.3. The van der Waals surface area contributed by atoms with E-state index in [4.69, 9.17) is 11.6 Å². The molecule has 0 aromatic heterocycles. The van der Waals surface area contributed by atoms with Crippen molar-refractivity contribution in [3.05, 3.63) is 28.8 Å². The molecule has 14 heavy (non-hydrogen) atoms. The minimum Gasteiger partial charge on any atom is -0.872 e. The van der Waals surface area contributed by atoms with Gasteiger partial charge in [-0.05, 0) is 30.9 Å². The van der Waals surface area contributed by atoms with Crippen molar-refractivity contribution in [1.29, 1.82) is 0 Å². The van der Waals surface area contributed by atoms with Crippen molar-refractivity contribution in [2.45, 2.75) is 38.0 Å². The van der Waals surface area contributed by atoms with E-state index in [0.717, 1.165) is 18.4 Å². The van der Waals surface area contributed by atoms with Crippen molar-refractivity contribution in [2.24, 2.45) is 0 Å². The summed E-state index contributed by atoms with van der Waals surface area (Å²) in [7, 11) is 0. The van der Waals surface area contributed by atoms with E-state index in [-0.39, 0.29) is 5.75 Å². The van der Waals surface area contributed by atoms with Crippen LogP contribution in [0.15, 0.2) is 18.2 Å². The molecule has 0 spiro atoms. The third-order valence-corrected chi connectivity index (χ3v) is 3.25. The topological polar surface area (TPSA) is 23.1 Å². The average Bonchev–Trinajstić information content (AvgIpc) is 2.23. The molecular weight excluding hydrogens is 196 g/mol. The van der Waals surface area contributed by atoms with E-state index < -0.39 is 0 Å². The van der Waals surface area contributed by atoms with Gasteiger partial charge in [0.1, 0.15) is 0 Å². The largest absolute Gasteiger partial charge is 0.872 e. The summed E-state index contributed by atoms with van der Waals surface area (Å²) in [5.74, 6) is 0.608. The fraction of sp³-hybridized carbons (Fsp3) is 0.500. The van der Waals surface area contributed by atoms with E-state index in [1.807, 2.05) is 6.07 Å². The van der Waals surface area contributed by atoms with Crippen LogP contribution in [-0.2, 0) is 0 Å². The molecule has 1 nitrogen and oxygen atoms in total. The molecule has 0 unspecified atom stereocenters. The molecule has 2 heteroatoms. The van der Waals surface area contributed by atoms with Crippen LogP contribution < -0.4 is 5.11 Å². The van der Waals surface area contributed by atoms with Crippen LogP contribution in [0.25, 0.3) is 0 Å². The molecule has 0 aliphatic heterocycles. The molecule has 2 rings (SSSR count). The molecule has 1 saturated carbocycles. The third kappa shape index (κ3) is 2.03. The lowest BCUT2D eigenvalue weighted by atomic mass is 9.84. The van der Waals surface area contributed by atoms with Gasteiger partial charge in [-0.2, -0.15) is 0 Å². The maximum atomic E-state index is 11.6. The number of hydrogen-bond donors (Lipinski definition) is 0. The molecule has 0 atom stereocenters. The standard InChI is InChI=1S/C12H15ClO/c13-10-6-7-12(14)11(8-10)9-4-2-1-3-5-9/h6-9,14H,1-5H2/p-1. The van der Waals surface area contributed by atoms with Gasteiger partial charge in [-0.1, -0.05) is 42.5 Å². The van der Waals surface area contributed by atoms with Crippen LogP contribution in [0.3, 0.4) is 0 Å². The second kappa shape index (κ2) is 4.22. The first-order chi connectivity index (χ1) is 6.77. The summed E-state index contributed by atoms with van der Waals surface area (Å²) < 4.78 is 0. The first-order valence-electron chi connectivity index (χ1n) is 5.24. The Morgan fingerprint density at radius 3 is 2.57 bits per heavy atom. The van der Waals surface area contributed by atoms with Crippen LogP contribution in [0.5, 0.6) is 5.75 Å². The van der Waals surface area contributed by atoms with E-state index in [1.165, 1.54) is 19.3 Å². The Bertz CT molecular complexity index is 316. The fourth-order valence-electron chi connectivity index (χ4n) is 2.25. The van der Waals surface area contributed by atoms with Gasteiger partial charge in [-0.3, -0.25) is 0 Å². The monoisotopic (exact) mass is 209 g/mol. The first-order valence-corrected chi connectivity index (χ1v) is 5.61. The highest BCUT2D eigenvalue weighted by Gasteiger charge is 2.15. The van der Waals surface area contributed by atoms with Gasteiger partial charge in [0.2, 0.25) is 0 Å². The highest BCUT2D eigenvalue weighted by atomic mass is 35.5. The van der Waals surface area contributed by atoms with E-state index >= 15 is 0 Å². The van der Waals surface area contributed by atoms with E-state index in [1.54, 1.807) is 12.1 Å². The number of benzene rings is 1. The van der Waals surface area contributed by atoms with E-state index in [2.05, 4.69) is 0 Å². The normalized spacial score (nSPS) is 18.4. The Kier molecular flexibility index (Phi) is 2.97. The average molecular weight is 210 g/mol. The molecule has 0 bridgehead atoms. The number of halogens is 1. The zero-order chi connectivity index (χ0) is 9.97. The molecule has 1 aromatic carbocycles. The van der Waals surface area contributed by atoms with Crippen LogP contribution in [0.4, 0.5) is 0 Å². The Balaban J connectivity index is 2.24. The predicted octanol–water partition coefficient (Wildman–Crippen LogP) is 3.46. The van der Waals surface area contributed by atoms with Gasteiger partial charge in [0.05, 0.1) is 0 Å². The minimum absolute atomic E-state index is 0.154. The smallest absolute Gasteiger partial charge is 0.0408 e. The molecule has 0 radical (unpaired) electrons. The Morgan fingerprint density at radius 2 is 1.86 bits per heavy atom. The lowest BCUT2D eigenvalue weighted by Gasteiger charge is -2.26. The Morgan fingerprint density at radius 1 is 1.14 bits per heavy atom.